The number of likely N-dealkylation sites (N-methyl/N-ethyl adjacent to an activating group) is 1. The molecule has 0 spiro atoms. The number of rotatable bonds is 3. The van der Waals surface area contributed by atoms with Crippen LogP contribution in [0.25, 0.3) is 0 Å². The predicted octanol–water partition coefficient (Wildman–Crippen LogP) is 2.05. The van der Waals surface area contributed by atoms with Crippen LogP contribution in [0.2, 0.25) is 0 Å². The van der Waals surface area contributed by atoms with Crippen LogP contribution in [0.4, 0.5) is 5.69 Å². The molecule has 1 aromatic carbocycles. The third-order valence-corrected chi connectivity index (χ3v) is 3.19. The summed E-state index contributed by atoms with van der Waals surface area (Å²) in [6, 6.07) is 9.52. The first-order chi connectivity index (χ1) is 8.76. The lowest BCUT2D eigenvalue weighted by molar-refractivity contribution is 0.116. The standard InChI is InChI=1S/C14H15N3O/c1-17(10-12-5-3-7-18-12)14-6-2-4-11(8-15)13(14)9-16/h2,4,6,12H,3,5,7,10H2,1H3. The number of nitriles is 2. The van der Waals surface area contributed by atoms with Gasteiger partial charge < -0.3 is 9.64 Å². The zero-order valence-corrected chi connectivity index (χ0v) is 10.4. The molecule has 0 saturated carbocycles. The van der Waals surface area contributed by atoms with Crippen LogP contribution in [0.1, 0.15) is 24.0 Å². The molecule has 0 amide bonds. The zero-order chi connectivity index (χ0) is 13.0. The van der Waals surface area contributed by atoms with Gasteiger partial charge in [-0.2, -0.15) is 10.5 Å². The summed E-state index contributed by atoms with van der Waals surface area (Å²) < 4.78 is 5.59. The van der Waals surface area contributed by atoms with Crippen molar-refractivity contribution in [2.45, 2.75) is 18.9 Å². The minimum atomic E-state index is 0.229. The van der Waals surface area contributed by atoms with Gasteiger partial charge in [0.2, 0.25) is 0 Å². The highest BCUT2D eigenvalue weighted by molar-refractivity contribution is 5.65. The Morgan fingerprint density at radius 2 is 2.22 bits per heavy atom. The van der Waals surface area contributed by atoms with Crippen molar-refractivity contribution in [2.24, 2.45) is 0 Å². The fourth-order valence-corrected chi connectivity index (χ4v) is 2.26. The highest BCUT2D eigenvalue weighted by atomic mass is 16.5. The summed E-state index contributed by atoms with van der Waals surface area (Å²) in [4.78, 5) is 2.00. The lowest BCUT2D eigenvalue weighted by Gasteiger charge is -2.23. The highest BCUT2D eigenvalue weighted by Crippen LogP contribution is 2.23. The van der Waals surface area contributed by atoms with Gasteiger partial charge in [0, 0.05) is 20.2 Å². The number of ether oxygens (including phenoxy) is 1. The molecule has 0 aromatic heterocycles. The Labute approximate surface area is 107 Å². The number of nitrogens with zero attached hydrogens (tertiary/aromatic N) is 3. The van der Waals surface area contributed by atoms with Gasteiger partial charge in [0.05, 0.1) is 22.9 Å². The molecule has 0 radical (unpaired) electrons. The molecule has 92 valence electrons. The molecule has 0 bridgehead atoms. The van der Waals surface area contributed by atoms with Gasteiger partial charge in [-0.05, 0) is 25.0 Å². The maximum atomic E-state index is 9.18. The molecule has 1 aromatic rings. The lowest BCUT2D eigenvalue weighted by Crippen LogP contribution is -2.29. The first-order valence-corrected chi connectivity index (χ1v) is 6.02. The SMILES string of the molecule is CN(CC1CCCO1)c1cccc(C#N)c1C#N. The van der Waals surface area contributed by atoms with Crippen molar-refractivity contribution in [3.05, 3.63) is 29.3 Å². The van der Waals surface area contributed by atoms with Gasteiger partial charge in [-0.25, -0.2) is 0 Å². The Bertz CT molecular complexity index is 507. The molecular weight excluding hydrogens is 226 g/mol. The average molecular weight is 241 g/mol. The molecule has 1 aliphatic rings. The Morgan fingerprint density at radius 3 is 2.83 bits per heavy atom. The molecule has 4 nitrogen and oxygen atoms in total. The van der Waals surface area contributed by atoms with Crippen molar-refractivity contribution < 1.29 is 4.74 Å². The van der Waals surface area contributed by atoms with E-state index in [4.69, 9.17) is 10.00 Å². The maximum absolute atomic E-state index is 9.18. The van der Waals surface area contributed by atoms with Crippen LogP contribution in [-0.2, 0) is 4.74 Å². The van der Waals surface area contributed by atoms with Crippen LogP contribution in [0.5, 0.6) is 0 Å². The summed E-state index contributed by atoms with van der Waals surface area (Å²) in [7, 11) is 1.93. The van der Waals surface area contributed by atoms with E-state index in [-0.39, 0.29) is 6.10 Å². The second-order valence-corrected chi connectivity index (χ2v) is 4.44. The number of anilines is 1. The second-order valence-electron chi connectivity index (χ2n) is 4.44. The van der Waals surface area contributed by atoms with E-state index >= 15 is 0 Å². The molecule has 0 N–H and O–H groups in total. The van der Waals surface area contributed by atoms with Crippen molar-refractivity contribution in [3.63, 3.8) is 0 Å². The summed E-state index contributed by atoms with van der Waals surface area (Å²) in [5.74, 6) is 0. The van der Waals surface area contributed by atoms with Crippen LogP contribution in [0, 0.1) is 22.7 Å². The Kier molecular flexibility index (Phi) is 3.82. The summed E-state index contributed by atoms with van der Waals surface area (Å²) in [6.07, 6.45) is 2.39. The van der Waals surface area contributed by atoms with Gasteiger partial charge in [0.25, 0.3) is 0 Å². The van der Waals surface area contributed by atoms with E-state index in [0.29, 0.717) is 11.1 Å². The van der Waals surface area contributed by atoms with Crippen molar-refractivity contribution in [1.82, 2.24) is 0 Å². The van der Waals surface area contributed by atoms with Gasteiger partial charge in [-0.15, -0.1) is 0 Å². The highest BCUT2D eigenvalue weighted by Gasteiger charge is 2.19. The van der Waals surface area contributed by atoms with E-state index in [2.05, 4.69) is 12.1 Å². The minimum absolute atomic E-state index is 0.229. The van der Waals surface area contributed by atoms with E-state index in [1.165, 1.54) is 0 Å². The molecule has 1 fully saturated rings. The van der Waals surface area contributed by atoms with Gasteiger partial charge in [0.1, 0.15) is 12.1 Å². The molecule has 4 heteroatoms. The monoisotopic (exact) mass is 241 g/mol. The molecular formula is C14H15N3O. The zero-order valence-electron chi connectivity index (χ0n) is 10.4. The smallest absolute Gasteiger partial charge is 0.103 e. The van der Waals surface area contributed by atoms with E-state index < -0.39 is 0 Å². The van der Waals surface area contributed by atoms with Gasteiger partial charge in [-0.3, -0.25) is 0 Å². The number of hydrogen-bond donors (Lipinski definition) is 0. The quantitative estimate of drug-likeness (QED) is 0.812. The van der Waals surface area contributed by atoms with Gasteiger partial charge >= 0.3 is 0 Å². The summed E-state index contributed by atoms with van der Waals surface area (Å²) in [6.45, 7) is 1.57. The van der Waals surface area contributed by atoms with Crippen LogP contribution in [0.3, 0.4) is 0 Å². The molecule has 1 unspecified atom stereocenters. The second kappa shape index (κ2) is 5.53. The molecule has 1 heterocycles. The summed E-state index contributed by atoms with van der Waals surface area (Å²) in [5.41, 5.74) is 1.67. The lowest BCUT2D eigenvalue weighted by atomic mass is 10.1. The van der Waals surface area contributed by atoms with Crippen molar-refractivity contribution in [3.8, 4) is 12.1 Å². The molecule has 1 saturated heterocycles. The molecule has 0 aliphatic carbocycles. The normalized spacial score (nSPS) is 18.1. The largest absolute Gasteiger partial charge is 0.376 e. The number of hydrogen-bond acceptors (Lipinski definition) is 4. The summed E-state index contributed by atoms with van der Waals surface area (Å²) >= 11 is 0. The summed E-state index contributed by atoms with van der Waals surface area (Å²) in [5, 5.41) is 18.2. The van der Waals surface area contributed by atoms with E-state index in [0.717, 1.165) is 31.7 Å². The van der Waals surface area contributed by atoms with Gasteiger partial charge in [-0.1, -0.05) is 6.07 Å². The Morgan fingerprint density at radius 1 is 1.39 bits per heavy atom. The molecule has 1 atom stereocenters. The molecule has 18 heavy (non-hydrogen) atoms. The minimum Gasteiger partial charge on any atom is -0.376 e. The first-order valence-electron chi connectivity index (χ1n) is 6.02. The van der Waals surface area contributed by atoms with E-state index in [1.54, 1.807) is 12.1 Å². The van der Waals surface area contributed by atoms with Crippen molar-refractivity contribution >= 4 is 5.69 Å². The maximum Gasteiger partial charge on any atom is 0.103 e. The van der Waals surface area contributed by atoms with Crippen molar-refractivity contribution in [1.29, 1.82) is 10.5 Å². The van der Waals surface area contributed by atoms with Crippen LogP contribution < -0.4 is 4.90 Å². The molecule has 1 aliphatic heterocycles. The fourth-order valence-electron chi connectivity index (χ4n) is 2.26. The molecule has 2 rings (SSSR count). The van der Waals surface area contributed by atoms with Crippen molar-refractivity contribution in [2.75, 3.05) is 25.1 Å². The van der Waals surface area contributed by atoms with E-state index in [1.807, 2.05) is 18.0 Å². The first kappa shape index (κ1) is 12.4. The van der Waals surface area contributed by atoms with Crippen LogP contribution in [0.15, 0.2) is 18.2 Å². The average Bonchev–Trinajstić information content (AvgIpc) is 2.90. The fraction of sp³-hybridized carbons (Fsp3) is 0.429. The Hall–Kier alpha value is -2.04. The Balaban J connectivity index is 2.22. The van der Waals surface area contributed by atoms with Gasteiger partial charge in [0.15, 0.2) is 0 Å². The van der Waals surface area contributed by atoms with Crippen LogP contribution >= 0.6 is 0 Å². The van der Waals surface area contributed by atoms with E-state index in [9.17, 15) is 5.26 Å². The predicted molar refractivity (Wildman–Crippen MR) is 68.1 cm³/mol. The number of benzene rings is 1. The van der Waals surface area contributed by atoms with Crippen LogP contribution in [-0.4, -0.2) is 26.3 Å². The third-order valence-electron chi connectivity index (χ3n) is 3.19. The third kappa shape index (κ3) is 2.45. The topological polar surface area (TPSA) is 60.0 Å².